The minimum Gasteiger partial charge on any atom is -0.338 e. The number of anilines is 1. The van der Waals surface area contributed by atoms with Gasteiger partial charge in [0.25, 0.3) is 0 Å². The van der Waals surface area contributed by atoms with E-state index in [1.807, 2.05) is 6.07 Å². The van der Waals surface area contributed by atoms with E-state index in [1.54, 1.807) is 19.1 Å². The van der Waals surface area contributed by atoms with Crippen molar-refractivity contribution in [2.75, 3.05) is 31.1 Å². The van der Waals surface area contributed by atoms with Gasteiger partial charge in [0.15, 0.2) is 0 Å². The molecule has 3 rings (SSSR count). The second-order valence-electron chi connectivity index (χ2n) is 4.75. The van der Waals surface area contributed by atoms with Gasteiger partial charge in [-0.05, 0) is 30.7 Å². The highest BCUT2D eigenvalue weighted by molar-refractivity contribution is 5.63. The molecule has 0 radical (unpaired) electrons. The molecule has 1 aliphatic heterocycles. The zero-order valence-electron chi connectivity index (χ0n) is 10.8. The van der Waals surface area contributed by atoms with E-state index in [-0.39, 0.29) is 5.82 Å². The van der Waals surface area contributed by atoms with E-state index in [0.29, 0.717) is 5.56 Å². The second kappa shape index (κ2) is 5.01. The lowest BCUT2D eigenvalue weighted by Gasteiger charge is -2.25. The molecule has 1 N–H and O–H groups in total. The van der Waals surface area contributed by atoms with E-state index in [0.717, 1.165) is 43.3 Å². The summed E-state index contributed by atoms with van der Waals surface area (Å²) in [5.74, 6) is 0.577. The van der Waals surface area contributed by atoms with Crippen LogP contribution >= 0.6 is 0 Å². The van der Waals surface area contributed by atoms with Crippen LogP contribution in [-0.2, 0) is 0 Å². The first-order valence-corrected chi connectivity index (χ1v) is 6.43. The Morgan fingerprint density at radius 2 is 2.05 bits per heavy atom. The number of halogens is 1. The zero-order chi connectivity index (χ0) is 13.2. The molecular weight excluding hydrogens is 245 g/mol. The van der Waals surface area contributed by atoms with Crippen molar-refractivity contribution >= 4 is 5.88 Å². The van der Waals surface area contributed by atoms with Gasteiger partial charge in [-0.3, -0.25) is 0 Å². The molecule has 100 valence electrons. The minimum absolute atomic E-state index is 0.199. The summed E-state index contributed by atoms with van der Waals surface area (Å²) in [5.41, 5.74) is 2.24. The van der Waals surface area contributed by atoms with Crippen LogP contribution in [0.4, 0.5) is 10.3 Å². The van der Waals surface area contributed by atoms with E-state index in [2.05, 4.69) is 15.4 Å². The monoisotopic (exact) mass is 261 g/mol. The SMILES string of the molecule is Cc1cc(-c2cc(N3CCNCC3)on2)ccc1F. The topological polar surface area (TPSA) is 41.3 Å². The molecule has 5 heteroatoms. The van der Waals surface area contributed by atoms with Gasteiger partial charge in [0.1, 0.15) is 11.5 Å². The van der Waals surface area contributed by atoms with E-state index >= 15 is 0 Å². The Morgan fingerprint density at radius 3 is 2.79 bits per heavy atom. The summed E-state index contributed by atoms with van der Waals surface area (Å²) < 4.78 is 18.6. The van der Waals surface area contributed by atoms with Gasteiger partial charge >= 0.3 is 0 Å². The van der Waals surface area contributed by atoms with Crippen molar-refractivity contribution in [3.05, 3.63) is 35.6 Å². The first kappa shape index (κ1) is 12.2. The molecule has 1 aromatic heterocycles. The maximum atomic E-state index is 13.3. The fourth-order valence-corrected chi connectivity index (χ4v) is 2.24. The van der Waals surface area contributed by atoms with Gasteiger partial charge in [0.2, 0.25) is 5.88 Å². The summed E-state index contributed by atoms with van der Waals surface area (Å²) in [6.45, 7) is 5.47. The minimum atomic E-state index is -0.199. The molecule has 0 saturated carbocycles. The van der Waals surface area contributed by atoms with Crippen LogP contribution in [0.3, 0.4) is 0 Å². The van der Waals surface area contributed by atoms with Crippen molar-refractivity contribution in [2.45, 2.75) is 6.92 Å². The van der Waals surface area contributed by atoms with Crippen LogP contribution in [0.2, 0.25) is 0 Å². The van der Waals surface area contributed by atoms with Crippen LogP contribution in [-0.4, -0.2) is 31.3 Å². The Morgan fingerprint density at radius 1 is 1.26 bits per heavy atom. The van der Waals surface area contributed by atoms with Crippen molar-refractivity contribution in [1.82, 2.24) is 10.5 Å². The smallest absolute Gasteiger partial charge is 0.227 e. The maximum absolute atomic E-state index is 13.3. The van der Waals surface area contributed by atoms with Crippen LogP contribution in [0.1, 0.15) is 5.56 Å². The fourth-order valence-electron chi connectivity index (χ4n) is 2.24. The predicted molar refractivity (Wildman–Crippen MR) is 71.7 cm³/mol. The molecule has 1 aliphatic rings. The third-order valence-electron chi connectivity index (χ3n) is 3.38. The second-order valence-corrected chi connectivity index (χ2v) is 4.75. The average molecular weight is 261 g/mol. The van der Waals surface area contributed by atoms with Gasteiger partial charge < -0.3 is 14.7 Å². The molecule has 0 unspecified atom stereocenters. The van der Waals surface area contributed by atoms with Crippen LogP contribution in [0.15, 0.2) is 28.8 Å². The van der Waals surface area contributed by atoms with Gasteiger partial charge in [-0.1, -0.05) is 5.16 Å². The van der Waals surface area contributed by atoms with Gasteiger partial charge in [-0.2, -0.15) is 0 Å². The number of benzene rings is 1. The summed E-state index contributed by atoms with van der Waals surface area (Å²) in [4.78, 5) is 2.16. The normalized spacial score (nSPS) is 15.8. The Labute approximate surface area is 111 Å². The third-order valence-corrected chi connectivity index (χ3v) is 3.38. The quantitative estimate of drug-likeness (QED) is 0.899. The van der Waals surface area contributed by atoms with E-state index in [1.165, 1.54) is 6.07 Å². The highest BCUT2D eigenvalue weighted by Crippen LogP contribution is 2.25. The number of nitrogens with one attached hydrogen (secondary N) is 1. The van der Waals surface area contributed by atoms with Gasteiger partial charge in [0.05, 0.1) is 0 Å². The molecule has 1 fully saturated rings. The van der Waals surface area contributed by atoms with Gasteiger partial charge in [-0.25, -0.2) is 4.39 Å². The molecule has 1 saturated heterocycles. The third kappa shape index (κ3) is 2.46. The Bertz CT molecular complexity index is 576. The summed E-state index contributed by atoms with van der Waals surface area (Å²) in [6, 6.07) is 6.89. The lowest BCUT2D eigenvalue weighted by molar-refractivity contribution is 0.409. The van der Waals surface area contributed by atoms with Crippen LogP contribution in [0.25, 0.3) is 11.3 Å². The standard InChI is InChI=1S/C14H16FN3O/c1-10-8-11(2-3-12(10)15)13-9-14(19-17-13)18-6-4-16-5-7-18/h2-3,8-9,16H,4-7H2,1H3. The number of hydrogen-bond donors (Lipinski definition) is 1. The van der Waals surface area contributed by atoms with Crippen molar-refractivity contribution in [3.63, 3.8) is 0 Å². The van der Waals surface area contributed by atoms with Crippen LogP contribution in [0.5, 0.6) is 0 Å². The van der Waals surface area contributed by atoms with Crippen molar-refractivity contribution < 1.29 is 8.91 Å². The molecule has 0 bridgehead atoms. The molecule has 2 aromatic rings. The van der Waals surface area contributed by atoms with E-state index in [4.69, 9.17) is 4.52 Å². The zero-order valence-corrected chi connectivity index (χ0v) is 10.8. The molecule has 1 aromatic carbocycles. The maximum Gasteiger partial charge on any atom is 0.227 e. The molecule has 2 heterocycles. The molecule has 0 amide bonds. The molecular formula is C14H16FN3O. The number of hydrogen-bond acceptors (Lipinski definition) is 4. The fraction of sp³-hybridized carbons (Fsp3) is 0.357. The molecule has 0 atom stereocenters. The summed E-state index contributed by atoms with van der Waals surface area (Å²) in [7, 11) is 0. The molecule has 4 nitrogen and oxygen atoms in total. The van der Waals surface area contributed by atoms with Gasteiger partial charge in [0, 0.05) is 37.8 Å². The van der Waals surface area contributed by atoms with Crippen molar-refractivity contribution in [3.8, 4) is 11.3 Å². The summed E-state index contributed by atoms with van der Waals surface area (Å²) in [6.07, 6.45) is 0. The lowest BCUT2D eigenvalue weighted by atomic mass is 10.1. The first-order valence-electron chi connectivity index (χ1n) is 6.43. The summed E-state index contributed by atoms with van der Waals surface area (Å²) >= 11 is 0. The largest absolute Gasteiger partial charge is 0.338 e. The number of piperazine rings is 1. The Hall–Kier alpha value is -1.88. The number of nitrogens with zero attached hydrogens (tertiary/aromatic N) is 2. The summed E-state index contributed by atoms with van der Waals surface area (Å²) in [5, 5.41) is 7.36. The molecule has 19 heavy (non-hydrogen) atoms. The number of aromatic nitrogens is 1. The average Bonchev–Trinajstić information content (AvgIpc) is 2.93. The molecule has 0 aliphatic carbocycles. The Balaban J connectivity index is 1.85. The van der Waals surface area contributed by atoms with Gasteiger partial charge in [-0.15, -0.1) is 0 Å². The van der Waals surface area contributed by atoms with Crippen LogP contribution < -0.4 is 10.2 Å². The molecule has 0 spiro atoms. The van der Waals surface area contributed by atoms with E-state index < -0.39 is 0 Å². The van der Waals surface area contributed by atoms with Crippen molar-refractivity contribution in [1.29, 1.82) is 0 Å². The van der Waals surface area contributed by atoms with E-state index in [9.17, 15) is 4.39 Å². The number of aryl methyl sites for hydroxylation is 1. The highest BCUT2D eigenvalue weighted by Gasteiger charge is 2.16. The lowest BCUT2D eigenvalue weighted by Crippen LogP contribution is -2.43. The van der Waals surface area contributed by atoms with Crippen LogP contribution in [0, 0.1) is 12.7 Å². The number of rotatable bonds is 2. The Kier molecular flexibility index (Phi) is 3.21. The van der Waals surface area contributed by atoms with Crippen molar-refractivity contribution in [2.24, 2.45) is 0 Å². The predicted octanol–water partition coefficient (Wildman–Crippen LogP) is 2.20. The highest BCUT2D eigenvalue weighted by atomic mass is 19.1. The first-order chi connectivity index (χ1) is 9.24.